The second-order valence-corrected chi connectivity index (χ2v) is 6.07. The number of piperidine rings is 1. The summed E-state index contributed by atoms with van der Waals surface area (Å²) in [5.74, 6) is 2.57. The van der Waals surface area contributed by atoms with E-state index in [1.807, 2.05) is 24.3 Å². The molecule has 0 N–H and O–H groups in total. The lowest BCUT2D eigenvalue weighted by Gasteiger charge is -2.36. The van der Waals surface area contributed by atoms with E-state index in [4.69, 9.17) is 13.9 Å². The number of methoxy groups -OCH3 is 2. The van der Waals surface area contributed by atoms with Gasteiger partial charge in [0, 0.05) is 25.4 Å². The second-order valence-electron chi connectivity index (χ2n) is 6.07. The first-order chi connectivity index (χ1) is 11.2. The van der Waals surface area contributed by atoms with Gasteiger partial charge in [0.05, 0.1) is 26.5 Å². The molecule has 120 valence electrons. The van der Waals surface area contributed by atoms with Crippen LogP contribution in [0.4, 0.5) is 0 Å². The smallest absolute Gasteiger partial charge is 0.161 e. The van der Waals surface area contributed by atoms with Crippen molar-refractivity contribution < 1.29 is 18.7 Å². The molecule has 3 heterocycles. The molecular weight excluding hydrogens is 294 g/mol. The molecule has 0 bridgehead atoms. The fraction of sp³-hybridized carbons (Fsp3) is 0.389. The van der Waals surface area contributed by atoms with Gasteiger partial charge in [0.2, 0.25) is 0 Å². The Kier molecular flexibility index (Phi) is 3.38. The van der Waals surface area contributed by atoms with Gasteiger partial charge < -0.3 is 13.9 Å². The molecule has 1 fully saturated rings. The maximum atomic E-state index is 12.3. The van der Waals surface area contributed by atoms with E-state index in [-0.39, 0.29) is 17.9 Å². The summed E-state index contributed by atoms with van der Waals surface area (Å²) in [6, 6.07) is 7.94. The van der Waals surface area contributed by atoms with E-state index >= 15 is 0 Å². The van der Waals surface area contributed by atoms with Crippen molar-refractivity contribution in [3.05, 3.63) is 47.4 Å². The van der Waals surface area contributed by atoms with Crippen molar-refractivity contribution in [3.63, 3.8) is 0 Å². The molecule has 2 atom stereocenters. The van der Waals surface area contributed by atoms with Crippen LogP contribution in [0.5, 0.6) is 11.5 Å². The van der Waals surface area contributed by atoms with E-state index in [0.29, 0.717) is 18.6 Å². The molecule has 0 saturated carbocycles. The molecule has 1 aromatic carbocycles. The number of hydrogen-bond donors (Lipinski definition) is 0. The molecule has 0 spiro atoms. The van der Waals surface area contributed by atoms with Gasteiger partial charge in [-0.3, -0.25) is 9.69 Å². The van der Waals surface area contributed by atoms with Crippen LogP contribution in [0, 0.1) is 0 Å². The van der Waals surface area contributed by atoms with Gasteiger partial charge in [0.1, 0.15) is 11.5 Å². The van der Waals surface area contributed by atoms with E-state index in [1.54, 1.807) is 20.5 Å². The summed E-state index contributed by atoms with van der Waals surface area (Å²) in [4.78, 5) is 14.6. The van der Waals surface area contributed by atoms with Gasteiger partial charge in [-0.15, -0.1) is 0 Å². The largest absolute Gasteiger partial charge is 0.493 e. The van der Waals surface area contributed by atoms with Crippen LogP contribution >= 0.6 is 0 Å². The third kappa shape index (κ3) is 2.23. The number of fused-ring (bicyclic) bond motifs is 3. The SMILES string of the molecule is COc1cc2c(cc1OC)[C@H]1CC(=O)C[C@H](c3ccco3)N1C2. The predicted molar refractivity (Wildman–Crippen MR) is 83.5 cm³/mol. The van der Waals surface area contributed by atoms with Gasteiger partial charge in [-0.25, -0.2) is 0 Å². The molecule has 0 aliphatic carbocycles. The van der Waals surface area contributed by atoms with Crippen molar-refractivity contribution >= 4 is 5.78 Å². The van der Waals surface area contributed by atoms with Gasteiger partial charge in [0.15, 0.2) is 11.5 Å². The van der Waals surface area contributed by atoms with Gasteiger partial charge in [-0.1, -0.05) is 0 Å². The molecule has 0 amide bonds. The zero-order valence-electron chi connectivity index (χ0n) is 13.2. The van der Waals surface area contributed by atoms with Crippen LogP contribution in [-0.4, -0.2) is 24.9 Å². The third-order valence-electron chi connectivity index (χ3n) is 4.87. The van der Waals surface area contributed by atoms with E-state index in [0.717, 1.165) is 23.6 Å². The van der Waals surface area contributed by atoms with Crippen LogP contribution in [-0.2, 0) is 11.3 Å². The first-order valence-corrected chi connectivity index (χ1v) is 7.77. The van der Waals surface area contributed by atoms with Crippen molar-refractivity contribution in [1.82, 2.24) is 4.90 Å². The zero-order valence-corrected chi connectivity index (χ0v) is 13.2. The molecule has 5 heteroatoms. The number of rotatable bonds is 3. The van der Waals surface area contributed by atoms with Crippen LogP contribution < -0.4 is 9.47 Å². The number of carbonyl (C=O) groups is 1. The Balaban J connectivity index is 1.76. The van der Waals surface area contributed by atoms with Gasteiger partial charge in [0.25, 0.3) is 0 Å². The molecule has 2 aliphatic rings. The number of carbonyl (C=O) groups excluding carboxylic acids is 1. The minimum Gasteiger partial charge on any atom is -0.493 e. The maximum absolute atomic E-state index is 12.3. The highest BCUT2D eigenvalue weighted by Gasteiger charge is 2.42. The lowest BCUT2D eigenvalue weighted by molar-refractivity contribution is -0.126. The average Bonchev–Trinajstić information content (AvgIpc) is 3.20. The van der Waals surface area contributed by atoms with Crippen LogP contribution in [0.25, 0.3) is 0 Å². The molecule has 0 radical (unpaired) electrons. The summed E-state index contributed by atoms with van der Waals surface area (Å²) >= 11 is 0. The molecule has 4 rings (SSSR count). The van der Waals surface area contributed by atoms with Gasteiger partial charge in [-0.2, -0.15) is 0 Å². The third-order valence-corrected chi connectivity index (χ3v) is 4.87. The van der Waals surface area contributed by atoms with E-state index in [9.17, 15) is 4.79 Å². The predicted octanol–water partition coefficient (Wildman–Crippen LogP) is 3.26. The quantitative estimate of drug-likeness (QED) is 0.870. The summed E-state index contributed by atoms with van der Waals surface area (Å²) in [6.07, 6.45) is 2.71. The molecule has 1 aromatic heterocycles. The first-order valence-electron chi connectivity index (χ1n) is 7.77. The number of benzene rings is 1. The van der Waals surface area contributed by atoms with E-state index < -0.39 is 0 Å². The monoisotopic (exact) mass is 313 g/mol. The summed E-state index contributed by atoms with van der Waals surface area (Å²) in [5.41, 5.74) is 2.35. The second kappa shape index (κ2) is 5.42. The Hall–Kier alpha value is -2.27. The van der Waals surface area contributed by atoms with E-state index in [2.05, 4.69) is 4.90 Å². The minimum absolute atomic E-state index is 0.000592. The number of Topliss-reactive ketones (excluding diaryl/α,β-unsaturated/α-hetero) is 1. The standard InChI is InChI=1S/C18H19NO4/c1-21-17-6-11-10-19-14(13(11)9-18(17)22-2)7-12(20)8-15(19)16-4-3-5-23-16/h3-6,9,14-15H,7-8,10H2,1-2H3/t14-,15-/m1/s1. The Morgan fingerprint density at radius 2 is 1.87 bits per heavy atom. The maximum Gasteiger partial charge on any atom is 0.161 e. The number of furan rings is 1. The van der Waals surface area contributed by atoms with Crippen molar-refractivity contribution in [3.8, 4) is 11.5 Å². The zero-order chi connectivity index (χ0) is 16.0. The molecule has 0 unspecified atom stereocenters. The molecule has 5 nitrogen and oxygen atoms in total. The number of ketones is 1. The minimum atomic E-state index is 0.000592. The van der Waals surface area contributed by atoms with Crippen LogP contribution in [0.2, 0.25) is 0 Å². The van der Waals surface area contributed by atoms with Crippen molar-refractivity contribution in [2.24, 2.45) is 0 Å². The fourth-order valence-corrected chi connectivity index (χ4v) is 3.80. The summed E-state index contributed by atoms with van der Waals surface area (Å²) in [7, 11) is 3.27. The Morgan fingerprint density at radius 3 is 2.57 bits per heavy atom. The molecule has 23 heavy (non-hydrogen) atoms. The fourth-order valence-electron chi connectivity index (χ4n) is 3.80. The Bertz CT molecular complexity index is 738. The Labute approximate surface area is 134 Å². The molecule has 1 saturated heterocycles. The van der Waals surface area contributed by atoms with Gasteiger partial charge >= 0.3 is 0 Å². The number of ether oxygens (including phenoxy) is 2. The van der Waals surface area contributed by atoms with Crippen molar-refractivity contribution in [2.45, 2.75) is 31.5 Å². The highest BCUT2D eigenvalue weighted by atomic mass is 16.5. The highest BCUT2D eigenvalue weighted by molar-refractivity contribution is 5.81. The Morgan fingerprint density at radius 1 is 1.13 bits per heavy atom. The summed E-state index contributed by atoms with van der Waals surface area (Å²) in [6.45, 7) is 0.791. The lowest BCUT2D eigenvalue weighted by atomic mass is 9.91. The van der Waals surface area contributed by atoms with Crippen molar-refractivity contribution in [1.29, 1.82) is 0 Å². The first kappa shape index (κ1) is 14.3. The number of nitrogens with zero attached hydrogens (tertiary/aromatic N) is 1. The van der Waals surface area contributed by atoms with Crippen LogP contribution in [0.1, 0.15) is 41.8 Å². The van der Waals surface area contributed by atoms with E-state index in [1.165, 1.54) is 5.56 Å². The molecular formula is C18H19NO4. The summed E-state index contributed by atoms with van der Waals surface area (Å²) in [5, 5.41) is 0. The number of hydrogen-bond acceptors (Lipinski definition) is 5. The van der Waals surface area contributed by atoms with Crippen LogP contribution in [0.15, 0.2) is 34.9 Å². The normalized spacial score (nSPS) is 23.5. The molecule has 2 aliphatic heterocycles. The topological polar surface area (TPSA) is 51.9 Å². The summed E-state index contributed by atoms with van der Waals surface area (Å²) < 4.78 is 16.4. The van der Waals surface area contributed by atoms with Crippen molar-refractivity contribution in [2.75, 3.05) is 14.2 Å². The molecule has 2 aromatic rings. The highest BCUT2D eigenvalue weighted by Crippen LogP contribution is 2.49. The van der Waals surface area contributed by atoms with Crippen LogP contribution in [0.3, 0.4) is 0 Å². The lowest BCUT2D eigenvalue weighted by Crippen LogP contribution is -2.35. The average molecular weight is 313 g/mol. The van der Waals surface area contributed by atoms with Gasteiger partial charge in [-0.05, 0) is 35.4 Å².